The Labute approximate surface area is 110 Å². The molecule has 0 spiro atoms. The van der Waals surface area contributed by atoms with E-state index in [1.54, 1.807) is 7.05 Å². The van der Waals surface area contributed by atoms with Gasteiger partial charge in [-0.3, -0.25) is 0 Å². The minimum absolute atomic E-state index is 0.588. The summed E-state index contributed by atoms with van der Waals surface area (Å²) in [6.07, 6.45) is 0. The first kappa shape index (κ1) is 11.0. The molecule has 0 aliphatic rings. The molecule has 0 saturated carbocycles. The van der Waals surface area contributed by atoms with Crippen molar-refractivity contribution in [3.05, 3.63) is 42.5 Å². The van der Waals surface area contributed by atoms with E-state index in [1.165, 1.54) is 0 Å². The number of para-hydroxylation sites is 1. The monoisotopic (exact) mass is 256 g/mol. The van der Waals surface area contributed by atoms with Crippen molar-refractivity contribution in [2.75, 3.05) is 12.4 Å². The average Bonchev–Trinajstić information content (AvgIpc) is 2.76. The molecule has 3 aromatic rings. The normalized spacial score (nSPS) is 10.7. The van der Waals surface area contributed by atoms with E-state index < -0.39 is 0 Å². The molecule has 0 saturated heterocycles. The zero-order chi connectivity index (χ0) is 12.5. The maximum absolute atomic E-state index is 5.80. The first-order chi connectivity index (χ1) is 8.78. The summed E-state index contributed by atoms with van der Waals surface area (Å²) in [5.74, 6) is 0. The number of benzene rings is 2. The van der Waals surface area contributed by atoms with Gasteiger partial charge in [0, 0.05) is 29.6 Å². The highest BCUT2D eigenvalue weighted by atomic mass is 32.1. The van der Waals surface area contributed by atoms with Crippen LogP contribution in [0.2, 0.25) is 0 Å². The molecule has 1 aromatic heterocycles. The Bertz CT molecular complexity index is 733. The Morgan fingerprint density at radius 3 is 2.67 bits per heavy atom. The molecule has 1 heterocycles. The van der Waals surface area contributed by atoms with Crippen LogP contribution in [0.3, 0.4) is 0 Å². The van der Waals surface area contributed by atoms with Gasteiger partial charge >= 0.3 is 0 Å². The second-order valence-electron chi connectivity index (χ2n) is 4.01. The molecule has 0 amide bonds. The highest BCUT2D eigenvalue weighted by Gasteiger charge is 2.06. The highest BCUT2D eigenvalue weighted by molar-refractivity contribution is 7.80. The third kappa shape index (κ3) is 1.80. The topological polar surface area (TPSA) is 37.2 Å². The number of rotatable bonds is 1. The van der Waals surface area contributed by atoms with Crippen LogP contribution < -0.4 is 10.6 Å². The summed E-state index contributed by atoms with van der Waals surface area (Å²) >= 11 is 5.07. The van der Waals surface area contributed by atoms with E-state index in [2.05, 4.69) is 16.7 Å². The largest absolute Gasteiger partial charge is 0.456 e. The van der Waals surface area contributed by atoms with Gasteiger partial charge in [0.05, 0.1) is 0 Å². The van der Waals surface area contributed by atoms with Crippen LogP contribution in [-0.4, -0.2) is 12.2 Å². The van der Waals surface area contributed by atoms with Gasteiger partial charge in [-0.15, -0.1) is 0 Å². The zero-order valence-electron chi connectivity index (χ0n) is 9.86. The van der Waals surface area contributed by atoms with E-state index in [1.807, 2.05) is 36.4 Å². The third-order valence-electron chi connectivity index (χ3n) is 2.86. The summed E-state index contributed by atoms with van der Waals surface area (Å²) in [7, 11) is 1.79. The summed E-state index contributed by atoms with van der Waals surface area (Å²) in [5, 5.41) is 8.81. The number of furan rings is 1. The summed E-state index contributed by atoms with van der Waals surface area (Å²) < 4.78 is 5.80. The predicted octanol–water partition coefficient (Wildman–Crippen LogP) is 3.50. The number of nitrogens with one attached hydrogen (secondary N) is 2. The van der Waals surface area contributed by atoms with E-state index in [-0.39, 0.29) is 0 Å². The van der Waals surface area contributed by atoms with Gasteiger partial charge in [0.25, 0.3) is 0 Å². The Morgan fingerprint density at radius 1 is 1.06 bits per heavy atom. The van der Waals surface area contributed by atoms with Crippen molar-refractivity contribution in [3.8, 4) is 0 Å². The lowest BCUT2D eigenvalue weighted by Crippen LogP contribution is -2.23. The number of fused-ring (bicyclic) bond motifs is 3. The fourth-order valence-electron chi connectivity index (χ4n) is 2.00. The van der Waals surface area contributed by atoms with Gasteiger partial charge in [-0.1, -0.05) is 18.2 Å². The van der Waals surface area contributed by atoms with Gasteiger partial charge < -0.3 is 15.1 Å². The first-order valence-corrected chi connectivity index (χ1v) is 6.09. The van der Waals surface area contributed by atoms with Crippen LogP contribution in [0.4, 0.5) is 5.69 Å². The summed E-state index contributed by atoms with van der Waals surface area (Å²) in [4.78, 5) is 0. The second kappa shape index (κ2) is 4.31. The molecule has 0 radical (unpaired) electrons. The van der Waals surface area contributed by atoms with Crippen LogP contribution in [-0.2, 0) is 0 Å². The number of hydrogen-bond acceptors (Lipinski definition) is 2. The fraction of sp³-hybridized carbons (Fsp3) is 0.0714. The lowest BCUT2D eigenvalue weighted by atomic mass is 10.1. The molecule has 90 valence electrons. The SMILES string of the molecule is CNC(=S)Nc1ccc2c(c1)oc1ccccc12. The quantitative estimate of drug-likeness (QED) is 0.653. The van der Waals surface area contributed by atoms with E-state index in [4.69, 9.17) is 16.6 Å². The number of thiocarbonyl (C=S) groups is 1. The van der Waals surface area contributed by atoms with Crippen molar-refractivity contribution in [3.63, 3.8) is 0 Å². The molecule has 2 N–H and O–H groups in total. The molecule has 4 heteroatoms. The van der Waals surface area contributed by atoms with Crippen LogP contribution in [0.5, 0.6) is 0 Å². The molecule has 0 aliphatic carbocycles. The van der Waals surface area contributed by atoms with Crippen LogP contribution in [0, 0.1) is 0 Å². The molecule has 18 heavy (non-hydrogen) atoms. The van der Waals surface area contributed by atoms with Crippen molar-refractivity contribution < 1.29 is 4.42 Å². The molecule has 0 atom stereocenters. The summed E-state index contributed by atoms with van der Waals surface area (Å²) in [5.41, 5.74) is 2.68. The van der Waals surface area contributed by atoms with E-state index >= 15 is 0 Å². The van der Waals surface area contributed by atoms with E-state index in [0.717, 1.165) is 27.6 Å². The Balaban J connectivity index is 2.12. The molecule has 0 unspecified atom stereocenters. The summed E-state index contributed by atoms with van der Waals surface area (Å²) in [6, 6.07) is 14.0. The van der Waals surface area contributed by atoms with Gasteiger partial charge in [0.1, 0.15) is 11.2 Å². The lowest BCUT2D eigenvalue weighted by Gasteiger charge is -2.06. The van der Waals surface area contributed by atoms with E-state index in [0.29, 0.717) is 5.11 Å². The van der Waals surface area contributed by atoms with Gasteiger partial charge in [-0.2, -0.15) is 0 Å². The maximum Gasteiger partial charge on any atom is 0.170 e. The van der Waals surface area contributed by atoms with Gasteiger partial charge in [-0.25, -0.2) is 0 Å². The molecular weight excluding hydrogens is 244 g/mol. The van der Waals surface area contributed by atoms with Crippen molar-refractivity contribution in [1.29, 1.82) is 0 Å². The maximum atomic E-state index is 5.80. The van der Waals surface area contributed by atoms with Crippen LogP contribution >= 0.6 is 12.2 Å². The molecule has 0 fully saturated rings. The number of hydrogen-bond donors (Lipinski definition) is 2. The minimum atomic E-state index is 0.588. The highest BCUT2D eigenvalue weighted by Crippen LogP contribution is 2.30. The standard InChI is InChI=1S/C14H12N2OS/c1-15-14(18)16-9-6-7-11-10-4-2-3-5-12(10)17-13(11)8-9/h2-8H,1H3,(H2,15,16,18). The van der Waals surface area contributed by atoms with Gasteiger partial charge in [-0.05, 0) is 30.4 Å². The first-order valence-electron chi connectivity index (χ1n) is 5.68. The van der Waals surface area contributed by atoms with Crippen LogP contribution in [0.15, 0.2) is 46.9 Å². The van der Waals surface area contributed by atoms with Crippen LogP contribution in [0.25, 0.3) is 21.9 Å². The Hall–Kier alpha value is -2.07. The molecule has 0 bridgehead atoms. The lowest BCUT2D eigenvalue weighted by molar-refractivity contribution is 0.669. The molecule has 3 rings (SSSR count). The summed E-state index contributed by atoms with van der Waals surface area (Å²) in [6.45, 7) is 0. The second-order valence-corrected chi connectivity index (χ2v) is 4.42. The Kier molecular flexibility index (Phi) is 2.64. The molecular formula is C14H12N2OS. The zero-order valence-corrected chi connectivity index (χ0v) is 10.7. The number of anilines is 1. The Morgan fingerprint density at radius 2 is 1.83 bits per heavy atom. The third-order valence-corrected chi connectivity index (χ3v) is 3.17. The van der Waals surface area contributed by atoms with Crippen LogP contribution in [0.1, 0.15) is 0 Å². The molecule has 2 aromatic carbocycles. The van der Waals surface area contributed by atoms with Crippen molar-refractivity contribution in [2.45, 2.75) is 0 Å². The smallest absolute Gasteiger partial charge is 0.170 e. The molecule has 3 nitrogen and oxygen atoms in total. The average molecular weight is 256 g/mol. The van der Waals surface area contributed by atoms with Crippen molar-refractivity contribution in [2.24, 2.45) is 0 Å². The molecule has 0 aliphatic heterocycles. The van der Waals surface area contributed by atoms with Crippen molar-refractivity contribution >= 4 is 45.0 Å². The van der Waals surface area contributed by atoms with Gasteiger partial charge in [0.2, 0.25) is 0 Å². The van der Waals surface area contributed by atoms with E-state index in [9.17, 15) is 0 Å². The van der Waals surface area contributed by atoms with Crippen molar-refractivity contribution in [1.82, 2.24) is 5.32 Å². The van der Waals surface area contributed by atoms with Gasteiger partial charge in [0.15, 0.2) is 5.11 Å². The minimum Gasteiger partial charge on any atom is -0.456 e. The fourth-order valence-corrected chi connectivity index (χ4v) is 2.12. The predicted molar refractivity (Wildman–Crippen MR) is 79.0 cm³/mol.